The van der Waals surface area contributed by atoms with Crippen molar-refractivity contribution in [2.45, 2.75) is 58.8 Å². The lowest BCUT2D eigenvalue weighted by atomic mass is 9.46. The van der Waals surface area contributed by atoms with E-state index in [9.17, 15) is 5.26 Å². The van der Waals surface area contributed by atoms with Crippen molar-refractivity contribution in [2.24, 2.45) is 51.5 Å². The monoisotopic (exact) mass is 324 g/mol. The number of oxime groups is 1. The fraction of sp³-hybridized carbons (Fsp3) is 0.810. The number of hydrogen-bond donors (Lipinski definition) is 1. The van der Waals surface area contributed by atoms with Gasteiger partial charge in [0.25, 0.3) is 0 Å². The fourth-order valence-corrected chi connectivity index (χ4v) is 7.86. The van der Waals surface area contributed by atoms with E-state index in [0.717, 1.165) is 48.6 Å². The number of rotatable bonds is 0. The normalized spacial score (nSPS) is 56.4. The topological polar surface area (TPSA) is 56.4 Å². The average Bonchev–Trinajstić information content (AvgIpc) is 3.29. The van der Waals surface area contributed by atoms with Gasteiger partial charge in [-0.3, -0.25) is 0 Å². The minimum absolute atomic E-state index is 0.285. The Morgan fingerprint density at radius 2 is 2.00 bits per heavy atom. The van der Waals surface area contributed by atoms with Gasteiger partial charge in [0.05, 0.1) is 17.7 Å². The highest BCUT2D eigenvalue weighted by molar-refractivity contribution is 5.96. The van der Waals surface area contributed by atoms with Crippen LogP contribution in [-0.4, -0.2) is 10.9 Å². The van der Waals surface area contributed by atoms with Crippen LogP contribution in [0.1, 0.15) is 58.8 Å². The summed E-state index contributed by atoms with van der Waals surface area (Å²) in [5.74, 6) is 4.25. The van der Waals surface area contributed by atoms with Crippen LogP contribution >= 0.6 is 0 Å². The second-order valence-electron chi connectivity index (χ2n) is 9.73. The molecule has 0 amide bonds. The van der Waals surface area contributed by atoms with Crippen LogP contribution in [0, 0.1) is 57.7 Å². The van der Waals surface area contributed by atoms with Gasteiger partial charge in [-0.2, -0.15) is 5.26 Å². The van der Waals surface area contributed by atoms with Crippen LogP contribution in [0.4, 0.5) is 0 Å². The molecular formula is C21H28N2O. The summed E-state index contributed by atoms with van der Waals surface area (Å²) >= 11 is 0. The largest absolute Gasteiger partial charge is 0.411 e. The fourth-order valence-electron chi connectivity index (χ4n) is 7.86. The van der Waals surface area contributed by atoms with E-state index in [1.165, 1.54) is 31.3 Å². The molecule has 1 N–H and O–H groups in total. The van der Waals surface area contributed by atoms with Gasteiger partial charge >= 0.3 is 0 Å². The molecule has 0 saturated heterocycles. The molecule has 3 nitrogen and oxygen atoms in total. The molecule has 5 aliphatic carbocycles. The summed E-state index contributed by atoms with van der Waals surface area (Å²) in [4.78, 5) is 0. The summed E-state index contributed by atoms with van der Waals surface area (Å²) in [6.45, 7) is 4.92. The Balaban J connectivity index is 1.52. The smallest absolute Gasteiger partial charge is 0.0795 e. The second kappa shape index (κ2) is 4.65. The molecule has 0 spiro atoms. The molecule has 3 heteroatoms. The zero-order valence-corrected chi connectivity index (χ0v) is 14.8. The van der Waals surface area contributed by atoms with Gasteiger partial charge in [0.2, 0.25) is 0 Å². The van der Waals surface area contributed by atoms with Gasteiger partial charge in [0, 0.05) is 0 Å². The van der Waals surface area contributed by atoms with Crippen LogP contribution in [-0.2, 0) is 0 Å². The van der Waals surface area contributed by atoms with E-state index in [4.69, 9.17) is 5.21 Å². The Bertz CT molecular complexity index is 688. The van der Waals surface area contributed by atoms with Crippen LogP contribution in [0.3, 0.4) is 0 Å². The lowest BCUT2D eigenvalue weighted by molar-refractivity contribution is -0.0562. The van der Waals surface area contributed by atoms with Gasteiger partial charge in [0.1, 0.15) is 0 Å². The molecule has 4 saturated carbocycles. The van der Waals surface area contributed by atoms with Crippen molar-refractivity contribution in [2.75, 3.05) is 0 Å². The van der Waals surface area contributed by atoms with Gasteiger partial charge in [-0.15, -0.1) is 0 Å². The third-order valence-corrected chi connectivity index (χ3v) is 9.03. The lowest BCUT2D eigenvalue weighted by Crippen LogP contribution is -2.51. The molecular weight excluding hydrogens is 296 g/mol. The average molecular weight is 324 g/mol. The molecule has 128 valence electrons. The van der Waals surface area contributed by atoms with Gasteiger partial charge in [0.15, 0.2) is 0 Å². The maximum Gasteiger partial charge on any atom is 0.0795 e. The SMILES string of the molecule is C[C@]12CC[C@H]3[C@@H](CCC4=C/C(=N\O)CC[C@@]43C)[C@@H]1[C@@H]1C[C@@H]1[C@@H]2C#N. The van der Waals surface area contributed by atoms with Crippen molar-refractivity contribution in [1.29, 1.82) is 5.26 Å². The highest BCUT2D eigenvalue weighted by Gasteiger charge is 2.70. The quantitative estimate of drug-likeness (QED) is 0.515. The van der Waals surface area contributed by atoms with Crippen molar-refractivity contribution >= 4 is 5.71 Å². The highest BCUT2D eigenvalue weighted by atomic mass is 16.4. The van der Waals surface area contributed by atoms with Crippen LogP contribution in [0.5, 0.6) is 0 Å². The number of nitriles is 1. The molecule has 0 aromatic carbocycles. The number of nitrogens with zero attached hydrogens (tertiary/aromatic N) is 2. The summed E-state index contributed by atoms with van der Waals surface area (Å²) in [6, 6.07) is 2.71. The first-order valence-corrected chi connectivity index (χ1v) is 9.84. The first-order chi connectivity index (χ1) is 11.5. The Morgan fingerprint density at radius 1 is 1.17 bits per heavy atom. The van der Waals surface area contributed by atoms with Gasteiger partial charge in [-0.1, -0.05) is 24.6 Å². The van der Waals surface area contributed by atoms with Crippen LogP contribution in [0.25, 0.3) is 0 Å². The summed E-state index contributed by atoms with van der Waals surface area (Å²) in [6.07, 6.45) is 10.5. The third-order valence-electron chi connectivity index (χ3n) is 9.03. The summed E-state index contributed by atoms with van der Waals surface area (Å²) < 4.78 is 0. The van der Waals surface area contributed by atoms with Crippen molar-refractivity contribution in [3.8, 4) is 6.07 Å². The number of hydrogen-bond acceptors (Lipinski definition) is 3. The third kappa shape index (κ3) is 1.65. The maximum absolute atomic E-state index is 9.76. The maximum atomic E-state index is 9.76. The second-order valence-corrected chi connectivity index (χ2v) is 9.73. The van der Waals surface area contributed by atoms with Gasteiger partial charge < -0.3 is 5.21 Å². The minimum Gasteiger partial charge on any atom is -0.411 e. The van der Waals surface area contributed by atoms with E-state index in [-0.39, 0.29) is 5.41 Å². The molecule has 24 heavy (non-hydrogen) atoms. The van der Waals surface area contributed by atoms with Crippen LogP contribution in [0.15, 0.2) is 16.8 Å². The lowest BCUT2D eigenvalue weighted by Gasteiger charge is -2.58. The standard InChI is InChI=1S/C21H28N2O/c1-20-7-5-13(23-24)9-12(20)3-4-14-17(20)6-8-21(2)18(11-22)15-10-16(15)19(14)21/h9,14-19,24H,3-8,10H2,1-2H3/b23-13-/t14-,15+,16-,17+,18+,19-,20+,21-/m1/s1. The van der Waals surface area contributed by atoms with E-state index in [1.54, 1.807) is 0 Å². The van der Waals surface area contributed by atoms with Gasteiger partial charge in [-0.25, -0.2) is 0 Å². The molecule has 0 unspecified atom stereocenters. The van der Waals surface area contributed by atoms with E-state index in [0.29, 0.717) is 17.3 Å². The van der Waals surface area contributed by atoms with Crippen molar-refractivity contribution in [1.82, 2.24) is 0 Å². The summed E-state index contributed by atoms with van der Waals surface area (Å²) in [5.41, 5.74) is 2.99. The first-order valence-electron chi connectivity index (χ1n) is 9.84. The zero-order valence-electron chi connectivity index (χ0n) is 14.8. The number of allylic oxidation sites excluding steroid dienone is 2. The highest BCUT2D eigenvalue weighted by Crippen LogP contribution is 2.75. The molecule has 0 aromatic rings. The minimum atomic E-state index is 0.285. The van der Waals surface area contributed by atoms with Crippen LogP contribution < -0.4 is 0 Å². The molecule has 4 fully saturated rings. The van der Waals surface area contributed by atoms with E-state index >= 15 is 0 Å². The molecule has 0 bridgehead atoms. The molecule has 0 heterocycles. The Kier molecular flexibility index (Phi) is 2.91. The molecule has 0 aromatic heterocycles. The predicted molar refractivity (Wildman–Crippen MR) is 92.4 cm³/mol. The predicted octanol–water partition coefficient (Wildman–Crippen LogP) is 4.78. The van der Waals surface area contributed by atoms with E-state index in [2.05, 4.69) is 31.1 Å². The Morgan fingerprint density at radius 3 is 2.75 bits per heavy atom. The molecule has 0 radical (unpaired) electrons. The molecule has 8 atom stereocenters. The van der Waals surface area contributed by atoms with Crippen molar-refractivity contribution in [3.63, 3.8) is 0 Å². The summed E-state index contributed by atoms with van der Waals surface area (Å²) in [7, 11) is 0. The summed E-state index contributed by atoms with van der Waals surface area (Å²) in [5, 5.41) is 22.4. The Hall–Kier alpha value is -1.30. The first kappa shape index (κ1) is 15.0. The van der Waals surface area contributed by atoms with Crippen LogP contribution in [0.2, 0.25) is 0 Å². The molecule has 5 rings (SSSR count). The molecule has 5 aliphatic rings. The van der Waals surface area contributed by atoms with E-state index < -0.39 is 0 Å². The van der Waals surface area contributed by atoms with Crippen molar-refractivity contribution in [3.05, 3.63) is 11.6 Å². The Labute approximate surface area is 144 Å². The van der Waals surface area contributed by atoms with Gasteiger partial charge in [-0.05, 0) is 91.4 Å². The molecule has 0 aliphatic heterocycles. The zero-order chi connectivity index (χ0) is 16.7. The van der Waals surface area contributed by atoms with E-state index in [1.807, 2.05) is 0 Å². The number of fused-ring (bicyclic) bond motifs is 7. The van der Waals surface area contributed by atoms with Crippen molar-refractivity contribution < 1.29 is 5.21 Å².